The predicted molar refractivity (Wildman–Crippen MR) is 78.0 cm³/mol. The molecule has 18 heavy (non-hydrogen) atoms. The van der Waals surface area contributed by atoms with Crippen molar-refractivity contribution in [3.05, 3.63) is 42.5 Å². The topological polar surface area (TPSA) is 8.17 Å². The summed E-state index contributed by atoms with van der Waals surface area (Å²) in [7, 11) is 2.16. The van der Waals surface area contributed by atoms with Crippen LogP contribution < -0.4 is 4.90 Å². The first-order valence-electron chi connectivity index (χ1n) is 6.66. The molecule has 0 aliphatic carbocycles. The lowest BCUT2D eigenvalue weighted by atomic mass is 10.0. The van der Waals surface area contributed by atoms with Crippen LogP contribution in [0.4, 0.5) is 5.82 Å². The standard InChI is InChI=1S/C16H20N2/c1-12-8-9-13(2)18(11-12)16-10-14-6-4-5-7-15(14)17(16)3/h4-10,12-13H,11H2,1-3H3. The summed E-state index contributed by atoms with van der Waals surface area (Å²) >= 11 is 0. The summed E-state index contributed by atoms with van der Waals surface area (Å²) < 4.78 is 2.30. The van der Waals surface area contributed by atoms with Gasteiger partial charge in [-0.25, -0.2) is 0 Å². The van der Waals surface area contributed by atoms with Crippen LogP contribution in [-0.2, 0) is 7.05 Å². The lowest BCUT2D eigenvalue weighted by Gasteiger charge is -2.34. The largest absolute Gasteiger partial charge is 0.351 e. The number of nitrogens with zero attached hydrogens (tertiary/aromatic N) is 2. The molecule has 0 spiro atoms. The molecular formula is C16H20N2. The lowest BCUT2D eigenvalue weighted by molar-refractivity contribution is 0.588. The Hall–Kier alpha value is -1.70. The number of benzene rings is 1. The average molecular weight is 240 g/mol. The van der Waals surface area contributed by atoms with E-state index >= 15 is 0 Å². The monoisotopic (exact) mass is 240 g/mol. The minimum absolute atomic E-state index is 0.476. The van der Waals surface area contributed by atoms with E-state index in [-0.39, 0.29) is 0 Å². The molecule has 2 nitrogen and oxygen atoms in total. The fraction of sp³-hybridized carbons (Fsp3) is 0.375. The van der Waals surface area contributed by atoms with Crippen molar-refractivity contribution in [3.8, 4) is 0 Å². The molecule has 0 N–H and O–H groups in total. The number of anilines is 1. The highest BCUT2D eigenvalue weighted by Gasteiger charge is 2.21. The zero-order chi connectivity index (χ0) is 12.7. The molecule has 2 unspecified atom stereocenters. The molecule has 0 saturated heterocycles. The van der Waals surface area contributed by atoms with Gasteiger partial charge in [-0.05, 0) is 25.0 Å². The van der Waals surface area contributed by atoms with Crippen molar-refractivity contribution in [1.29, 1.82) is 0 Å². The van der Waals surface area contributed by atoms with Gasteiger partial charge in [-0.2, -0.15) is 0 Å². The minimum Gasteiger partial charge on any atom is -0.351 e. The molecule has 1 aromatic heterocycles. The first-order chi connectivity index (χ1) is 8.66. The van der Waals surface area contributed by atoms with E-state index in [0.717, 1.165) is 6.54 Å². The molecule has 1 aliphatic heterocycles. The van der Waals surface area contributed by atoms with E-state index in [4.69, 9.17) is 0 Å². The van der Waals surface area contributed by atoms with Crippen molar-refractivity contribution in [2.24, 2.45) is 13.0 Å². The molecule has 0 radical (unpaired) electrons. The zero-order valence-corrected chi connectivity index (χ0v) is 11.3. The summed E-state index contributed by atoms with van der Waals surface area (Å²) in [6, 6.07) is 11.4. The number of para-hydroxylation sites is 1. The Kier molecular flexibility index (Phi) is 2.66. The highest BCUT2D eigenvalue weighted by molar-refractivity contribution is 5.85. The molecule has 0 bridgehead atoms. The third-order valence-corrected chi connectivity index (χ3v) is 3.92. The van der Waals surface area contributed by atoms with Crippen LogP contribution in [0.1, 0.15) is 13.8 Å². The van der Waals surface area contributed by atoms with Gasteiger partial charge in [0.25, 0.3) is 0 Å². The summed E-state index contributed by atoms with van der Waals surface area (Å²) in [5.74, 6) is 1.94. The van der Waals surface area contributed by atoms with Crippen LogP contribution in [0, 0.1) is 5.92 Å². The highest BCUT2D eigenvalue weighted by atomic mass is 15.3. The SMILES string of the molecule is CC1C=CC(C)N(c2cc3ccccc3n2C)C1. The van der Waals surface area contributed by atoms with Gasteiger partial charge in [-0.1, -0.05) is 37.3 Å². The maximum Gasteiger partial charge on any atom is 0.109 e. The Morgan fingerprint density at radius 3 is 2.67 bits per heavy atom. The normalized spacial score (nSPS) is 23.8. The van der Waals surface area contributed by atoms with E-state index in [2.05, 4.69) is 72.8 Å². The molecule has 2 atom stereocenters. The molecule has 0 amide bonds. The van der Waals surface area contributed by atoms with Crippen LogP contribution in [0.5, 0.6) is 0 Å². The maximum absolute atomic E-state index is 2.49. The number of aromatic nitrogens is 1. The van der Waals surface area contributed by atoms with Crippen LogP contribution in [0.3, 0.4) is 0 Å². The summed E-state index contributed by atoms with van der Waals surface area (Å²) in [6.45, 7) is 5.64. The third kappa shape index (κ3) is 1.72. The van der Waals surface area contributed by atoms with Crippen molar-refractivity contribution in [1.82, 2.24) is 4.57 Å². The van der Waals surface area contributed by atoms with Gasteiger partial charge in [-0.15, -0.1) is 0 Å². The zero-order valence-electron chi connectivity index (χ0n) is 11.3. The number of hydrogen-bond donors (Lipinski definition) is 0. The first kappa shape index (κ1) is 11.4. The summed E-state index contributed by atoms with van der Waals surface area (Å²) in [6.07, 6.45) is 4.63. The van der Waals surface area contributed by atoms with Gasteiger partial charge in [0.1, 0.15) is 5.82 Å². The molecule has 2 heterocycles. The maximum atomic E-state index is 2.49. The minimum atomic E-state index is 0.476. The summed E-state index contributed by atoms with van der Waals surface area (Å²) in [4.78, 5) is 2.49. The van der Waals surface area contributed by atoms with Crippen LogP contribution >= 0.6 is 0 Å². The van der Waals surface area contributed by atoms with Crippen LogP contribution in [0.15, 0.2) is 42.5 Å². The van der Waals surface area contributed by atoms with E-state index in [9.17, 15) is 0 Å². The van der Waals surface area contributed by atoms with Crippen LogP contribution in [0.25, 0.3) is 10.9 Å². The van der Waals surface area contributed by atoms with Gasteiger partial charge in [0.05, 0.1) is 0 Å². The Bertz CT molecular complexity index is 594. The molecule has 2 aromatic rings. The van der Waals surface area contributed by atoms with Gasteiger partial charge < -0.3 is 9.47 Å². The predicted octanol–water partition coefficient (Wildman–Crippen LogP) is 3.58. The van der Waals surface area contributed by atoms with Gasteiger partial charge in [0, 0.05) is 30.5 Å². The fourth-order valence-electron chi connectivity index (χ4n) is 2.84. The van der Waals surface area contributed by atoms with E-state index in [1.165, 1.54) is 16.7 Å². The number of aryl methyl sites for hydroxylation is 1. The van der Waals surface area contributed by atoms with E-state index in [1.807, 2.05) is 0 Å². The van der Waals surface area contributed by atoms with E-state index in [1.54, 1.807) is 0 Å². The fourth-order valence-corrected chi connectivity index (χ4v) is 2.84. The first-order valence-corrected chi connectivity index (χ1v) is 6.66. The van der Waals surface area contributed by atoms with Crippen molar-refractivity contribution < 1.29 is 0 Å². The second-order valence-corrected chi connectivity index (χ2v) is 5.38. The molecule has 3 rings (SSSR count). The second kappa shape index (κ2) is 4.20. The molecule has 94 valence electrons. The van der Waals surface area contributed by atoms with Crippen LogP contribution in [0.2, 0.25) is 0 Å². The lowest BCUT2D eigenvalue weighted by Crippen LogP contribution is -2.39. The number of rotatable bonds is 1. The quantitative estimate of drug-likeness (QED) is 0.692. The van der Waals surface area contributed by atoms with Gasteiger partial charge >= 0.3 is 0 Å². The Morgan fingerprint density at radius 2 is 1.89 bits per heavy atom. The number of hydrogen-bond acceptors (Lipinski definition) is 1. The van der Waals surface area contributed by atoms with Gasteiger partial charge in [0.2, 0.25) is 0 Å². The Labute approximate surface area is 109 Å². The molecular weight excluding hydrogens is 220 g/mol. The van der Waals surface area contributed by atoms with Crippen molar-refractivity contribution in [2.75, 3.05) is 11.4 Å². The third-order valence-electron chi connectivity index (χ3n) is 3.92. The summed E-state index contributed by atoms with van der Waals surface area (Å²) in [5.41, 5.74) is 1.31. The molecule has 0 fully saturated rings. The second-order valence-electron chi connectivity index (χ2n) is 5.38. The van der Waals surface area contributed by atoms with E-state index < -0.39 is 0 Å². The molecule has 1 aromatic carbocycles. The molecule has 2 heteroatoms. The average Bonchev–Trinajstić information content (AvgIpc) is 2.71. The van der Waals surface area contributed by atoms with Crippen molar-refractivity contribution in [3.63, 3.8) is 0 Å². The van der Waals surface area contributed by atoms with Gasteiger partial charge in [-0.3, -0.25) is 0 Å². The molecule has 1 aliphatic rings. The van der Waals surface area contributed by atoms with Crippen LogP contribution in [-0.4, -0.2) is 17.2 Å². The smallest absolute Gasteiger partial charge is 0.109 e. The van der Waals surface area contributed by atoms with Gasteiger partial charge in [0.15, 0.2) is 0 Å². The van der Waals surface area contributed by atoms with Crippen molar-refractivity contribution in [2.45, 2.75) is 19.9 Å². The summed E-state index contributed by atoms with van der Waals surface area (Å²) in [5, 5.41) is 1.32. The Morgan fingerprint density at radius 1 is 1.11 bits per heavy atom. The van der Waals surface area contributed by atoms with Crippen molar-refractivity contribution >= 4 is 16.7 Å². The Balaban J connectivity index is 2.09. The van der Waals surface area contributed by atoms with E-state index in [0.29, 0.717) is 12.0 Å². The molecule has 0 saturated carbocycles. The number of fused-ring (bicyclic) bond motifs is 1. The highest BCUT2D eigenvalue weighted by Crippen LogP contribution is 2.29.